The summed E-state index contributed by atoms with van der Waals surface area (Å²) < 4.78 is 22.5. The number of nitrogens with two attached hydrogens (primary N) is 1. The summed E-state index contributed by atoms with van der Waals surface area (Å²) in [6.45, 7) is 2.35. The fourth-order valence-electron chi connectivity index (χ4n) is 2.10. The van der Waals surface area contributed by atoms with E-state index in [1.165, 1.54) is 6.26 Å². The molecule has 0 heterocycles. The molecule has 0 aliphatic heterocycles. The van der Waals surface area contributed by atoms with Gasteiger partial charge >= 0.3 is 0 Å². The van der Waals surface area contributed by atoms with Gasteiger partial charge < -0.3 is 5.73 Å². The lowest BCUT2D eigenvalue weighted by Gasteiger charge is -2.31. The van der Waals surface area contributed by atoms with Gasteiger partial charge in [0.1, 0.15) is 9.84 Å². The zero-order valence-corrected chi connectivity index (χ0v) is 13.1. The predicted molar refractivity (Wildman–Crippen MR) is 80.2 cm³/mol. The number of hydrogen-bond acceptors (Lipinski definition) is 4. The number of halogens is 1. The maximum atomic E-state index is 11.2. The molecule has 0 bridgehead atoms. The van der Waals surface area contributed by atoms with Crippen molar-refractivity contribution >= 4 is 21.4 Å². The molecule has 0 radical (unpaired) electrons. The van der Waals surface area contributed by atoms with Gasteiger partial charge in [0.25, 0.3) is 0 Å². The molecular formula is C13H21ClN2O2S. The van der Waals surface area contributed by atoms with Crippen molar-refractivity contribution in [1.82, 2.24) is 4.90 Å². The van der Waals surface area contributed by atoms with Gasteiger partial charge in [-0.3, -0.25) is 4.90 Å². The SMILES string of the molecule is CC(N)C(c1cccc(Cl)c1)N(C)CCS(C)(=O)=O. The van der Waals surface area contributed by atoms with Gasteiger partial charge in [-0.25, -0.2) is 8.42 Å². The predicted octanol–water partition coefficient (Wildman–Crippen LogP) is 1.70. The van der Waals surface area contributed by atoms with Crippen molar-refractivity contribution in [3.8, 4) is 0 Å². The van der Waals surface area contributed by atoms with Crippen LogP contribution in [0.15, 0.2) is 24.3 Å². The van der Waals surface area contributed by atoms with Gasteiger partial charge in [0.15, 0.2) is 0 Å². The van der Waals surface area contributed by atoms with Gasteiger partial charge in [-0.15, -0.1) is 0 Å². The quantitative estimate of drug-likeness (QED) is 0.869. The number of likely N-dealkylation sites (N-methyl/N-ethyl adjacent to an activating group) is 1. The molecule has 2 unspecified atom stereocenters. The lowest BCUT2D eigenvalue weighted by molar-refractivity contribution is 0.231. The molecule has 0 saturated heterocycles. The van der Waals surface area contributed by atoms with Crippen molar-refractivity contribution in [3.05, 3.63) is 34.9 Å². The Morgan fingerprint density at radius 1 is 1.42 bits per heavy atom. The third kappa shape index (κ3) is 5.48. The second kappa shape index (κ2) is 6.70. The van der Waals surface area contributed by atoms with Crippen LogP contribution in [0.1, 0.15) is 18.5 Å². The van der Waals surface area contributed by atoms with Crippen molar-refractivity contribution in [1.29, 1.82) is 0 Å². The van der Waals surface area contributed by atoms with E-state index in [1.54, 1.807) is 6.07 Å². The summed E-state index contributed by atoms with van der Waals surface area (Å²) in [5.41, 5.74) is 7.02. The van der Waals surface area contributed by atoms with Gasteiger partial charge in [-0.2, -0.15) is 0 Å². The van der Waals surface area contributed by atoms with E-state index in [9.17, 15) is 8.42 Å². The van der Waals surface area contributed by atoms with Crippen LogP contribution < -0.4 is 5.73 Å². The number of rotatable bonds is 6. The van der Waals surface area contributed by atoms with E-state index in [4.69, 9.17) is 17.3 Å². The minimum atomic E-state index is -2.98. The second-order valence-electron chi connectivity index (χ2n) is 4.97. The van der Waals surface area contributed by atoms with E-state index in [-0.39, 0.29) is 17.8 Å². The zero-order valence-electron chi connectivity index (χ0n) is 11.5. The number of sulfone groups is 1. The summed E-state index contributed by atoms with van der Waals surface area (Å²) in [4.78, 5) is 1.96. The van der Waals surface area contributed by atoms with E-state index >= 15 is 0 Å². The van der Waals surface area contributed by atoms with Crippen LogP contribution in [0.2, 0.25) is 5.02 Å². The molecule has 0 aliphatic rings. The van der Waals surface area contributed by atoms with Gasteiger partial charge in [0.2, 0.25) is 0 Å². The topological polar surface area (TPSA) is 63.4 Å². The first kappa shape index (κ1) is 16.4. The van der Waals surface area contributed by atoms with Crippen molar-refractivity contribution < 1.29 is 8.42 Å². The molecule has 0 aromatic heterocycles. The molecule has 1 aromatic rings. The Bertz CT molecular complexity index is 517. The molecule has 19 heavy (non-hydrogen) atoms. The molecule has 4 nitrogen and oxygen atoms in total. The van der Waals surface area contributed by atoms with Crippen LogP contribution in [0, 0.1) is 0 Å². The first-order chi connectivity index (χ1) is 8.70. The number of benzene rings is 1. The molecular weight excluding hydrogens is 284 g/mol. The smallest absolute Gasteiger partial charge is 0.148 e. The van der Waals surface area contributed by atoms with E-state index < -0.39 is 9.84 Å². The average molecular weight is 305 g/mol. The van der Waals surface area contributed by atoms with Crippen LogP contribution in [0.5, 0.6) is 0 Å². The fourth-order valence-corrected chi connectivity index (χ4v) is 2.92. The van der Waals surface area contributed by atoms with E-state index in [0.29, 0.717) is 11.6 Å². The minimum absolute atomic E-state index is 0.0551. The van der Waals surface area contributed by atoms with Gasteiger partial charge in [-0.05, 0) is 31.7 Å². The van der Waals surface area contributed by atoms with Gasteiger partial charge in [-0.1, -0.05) is 23.7 Å². The number of nitrogens with zero attached hydrogens (tertiary/aromatic N) is 1. The summed E-state index contributed by atoms with van der Waals surface area (Å²) >= 11 is 5.99. The first-order valence-electron chi connectivity index (χ1n) is 6.09. The van der Waals surface area contributed by atoms with Crippen LogP contribution in [-0.2, 0) is 9.84 Å². The molecule has 0 aliphatic carbocycles. The van der Waals surface area contributed by atoms with Crippen molar-refractivity contribution in [2.24, 2.45) is 5.73 Å². The highest BCUT2D eigenvalue weighted by atomic mass is 35.5. The highest BCUT2D eigenvalue weighted by Gasteiger charge is 2.22. The van der Waals surface area contributed by atoms with Crippen LogP contribution in [-0.4, -0.2) is 45.0 Å². The molecule has 2 N–H and O–H groups in total. The Labute approximate surface area is 120 Å². The lowest BCUT2D eigenvalue weighted by Crippen LogP contribution is -2.39. The summed E-state index contributed by atoms with van der Waals surface area (Å²) in [7, 11) is -1.10. The molecule has 0 amide bonds. The first-order valence-corrected chi connectivity index (χ1v) is 8.53. The summed E-state index contributed by atoms with van der Waals surface area (Å²) in [5, 5.41) is 0.652. The van der Waals surface area contributed by atoms with Gasteiger partial charge in [0.05, 0.1) is 5.75 Å². The summed E-state index contributed by atoms with van der Waals surface area (Å²) in [6.07, 6.45) is 1.24. The highest BCUT2D eigenvalue weighted by molar-refractivity contribution is 7.90. The average Bonchev–Trinajstić information content (AvgIpc) is 2.25. The molecule has 0 saturated carbocycles. The standard InChI is InChI=1S/C13H21ClN2O2S/c1-10(15)13(11-5-4-6-12(14)9-11)16(2)7-8-19(3,17)18/h4-6,9-10,13H,7-8,15H2,1-3H3. The van der Waals surface area contributed by atoms with Crippen molar-refractivity contribution in [2.45, 2.75) is 19.0 Å². The zero-order chi connectivity index (χ0) is 14.6. The van der Waals surface area contributed by atoms with Crippen LogP contribution in [0.4, 0.5) is 0 Å². The molecule has 108 valence electrons. The normalized spacial score (nSPS) is 15.5. The Morgan fingerprint density at radius 2 is 2.05 bits per heavy atom. The Kier molecular flexibility index (Phi) is 5.80. The maximum Gasteiger partial charge on any atom is 0.148 e. The third-order valence-electron chi connectivity index (χ3n) is 2.98. The Morgan fingerprint density at radius 3 is 2.53 bits per heavy atom. The number of hydrogen-bond donors (Lipinski definition) is 1. The Balaban J connectivity index is 2.89. The largest absolute Gasteiger partial charge is 0.326 e. The highest BCUT2D eigenvalue weighted by Crippen LogP contribution is 2.24. The summed E-state index contributed by atoms with van der Waals surface area (Å²) in [6, 6.07) is 7.32. The van der Waals surface area contributed by atoms with E-state index in [2.05, 4.69) is 0 Å². The van der Waals surface area contributed by atoms with Crippen molar-refractivity contribution in [2.75, 3.05) is 25.6 Å². The monoisotopic (exact) mass is 304 g/mol. The molecule has 1 rings (SSSR count). The van der Waals surface area contributed by atoms with E-state index in [0.717, 1.165) is 5.56 Å². The van der Waals surface area contributed by atoms with Gasteiger partial charge in [0, 0.05) is 29.9 Å². The minimum Gasteiger partial charge on any atom is -0.326 e. The van der Waals surface area contributed by atoms with Crippen LogP contribution in [0.3, 0.4) is 0 Å². The summed E-state index contributed by atoms with van der Waals surface area (Å²) in [5.74, 6) is 0.118. The van der Waals surface area contributed by atoms with Crippen molar-refractivity contribution in [3.63, 3.8) is 0 Å². The maximum absolute atomic E-state index is 11.2. The third-order valence-corrected chi connectivity index (χ3v) is 4.14. The lowest BCUT2D eigenvalue weighted by atomic mass is 10.00. The fraction of sp³-hybridized carbons (Fsp3) is 0.538. The molecule has 1 aromatic carbocycles. The second-order valence-corrected chi connectivity index (χ2v) is 7.67. The van der Waals surface area contributed by atoms with E-state index in [1.807, 2.05) is 37.1 Å². The molecule has 6 heteroatoms. The molecule has 0 fully saturated rings. The molecule has 0 spiro atoms. The van der Waals surface area contributed by atoms with Crippen LogP contribution in [0.25, 0.3) is 0 Å². The Hall–Kier alpha value is -0.620. The molecule has 2 atom stereocenters. The van der Waals surface area contributed by atoms with Crippen LogP contribution >= 0.6 is 11.6 Å².